The van der Waals surface area contributed by atoms with Crippen molar-refractivity contribution in [2.75, 3.05) is 7.05 Å². The molecule has 0 aromatic heterocycles. The highest BCUT2D eigenvalue weighted by atomic mass is 35.5. The number of non-ortho nitro benzene ring substituents is 1. The van der Waals surface area contributed by atoms with Crippen LogP contribution in [0.1, 0.15) is 5.56 Å². The molecular weight excluding hydrogens is 296 g/mol. The summed E-state index contributed by atoms with van der Waals surface area (Å²) >= 11 is 7.56. The molecule has 0 aliphatic carbocycles. The first-order chi connectivity index (χ1) is 9.60. The normalized spacial score (nSPS) is 10.5. The van der Waals surface area contributed by atoms with Crippen LogP contribution >= 0.6 is 23.4 Å². The molecule has 0 amide bonds. The maximum atomic E-state index is 10.6. The molecule has 2 aromatic carbocycles. The fourth-order valence-corrected chi connectivity index (χ4v) is 2.86. The van der Waals surface area contributed by atoms with E-state index in [4.69, 9.17) is 11.6 Å². The lowest BCUT2D eigenvalue weighted by atomic mass is 10.2. The minimum atomic E-state index is -0.400. The fourth-order valence-electron chi connectivity index (χ4n) is 1.74. The molecule has 6 heteroatoms. The van der Waals surface area contributed by atoms with Crippen molar-refractivity contribution in [2.24, 2.45) is 0 Å². The van der Waals surface area contributed by atoms with Gasteiger partial charge in [0.15, 0.2) is 0 Å². The average molecular weight is 309 g/mol. The number of halogens is 1. The molecule has 104 valence electrons. The summed E-state index contributed by atoms with van der Waals surface area (Å²) in [6, 6.07) is 12.2. The van der Waals surface area contributed by atoms with E-state index in [-0.39, 0.29) is 5.69 Å². The maximum Gasteiger partial charge on any atom is 0.269 e. The molecule has 4 nitrogen and oxygen atoms in total. The highest BCUT2D eigenvalue weighted by Crippen LogP contribution is 2.32. The Morgan fingerprint density at radius 2 is 1.95 bits per heavy atom. The van der Waals surface area contributed by atoms with Crippen molar-refractivity contribution in [1.82, 2.24) is 5.32 Å². The van der Waals surface area contributed by atoms with Crippen molar-refractivity contribution in [3.05, 3.63) is 63.2 Å². The van der Waals surface area contributed by atoms with E-state index >= 15 is 0 Å². The van der Waals surface area contributed by atoms with Crippen LogP contribution in [0.3, 0.4) is 0 Å². The Balaban J connectivity index is 2.22. The molecule has 0 saturated carbocycles. The summed E-state index contributed by atoms with van der Waals surface area (Å²) in [5.41, 5.74) is 1.20. The molecule has 0 unspecified atom stereocenters. The summed E-state index contributed by atoms with van der Waals surface area (Å²) < 4.78 is 0. The van der Waals surface area contributed by atoms with Crippen molar-refractivity contribution in [2.45, 2.75) is 16.3 Å². The number of nitro groups is 1. The summed E-state index contributed by atoms with van der Waals surface area (Å²) in [4.78, 5) is 12.3. The average Bonchev–Trinajstić information content (AvgIpc) is 2.43. The summed E-state index contributed by atoms with van der Waals surface area (Å²) in [5.74, 6) is 0. The van der Waals surface area contributed by atoms with Crippen molar-refractivity contribution >= 4 is 29.1 Å². The van der Waals surface area contributed by atoms with E-state index < -0.39 is 4.92 Å². The van der Waals surface area contributed by atoms with Gasteiger partial charge in [-0.3, -0.25) is 10.1 Å². The number of nitro benzene ring substituents is 1. The van der Waals surface area contributed by atoms with Gasteiger partial charge >= 0.3 is 0 Å². The van der Waals surface area contributed by atoms with Crippen LogP contribution in [0.2, 0.25) is 5.02 Å². The van der Waals surface area contributed by atoms with Crippen molar-refractivity contribution < 1.29 is 4.92 Å². The maximum absolute atomic E-state index is 10.6. The smallest absolute Gasteiger partial charge is 0.269 e. The van der Waals surface area contributed by atoms with Crippen LogP contribution < -0.4 is 5.32 Å². The second kappa shape index (κ2) is 6.74. The highest BCUT2D eigenvalue weighted by Gasteiger charge is 2.08. The molecule has 0 fully saturated rings. The van der Waals surface area contributed by atoms with Gasteiger partial charge in [0.2, 0.25) is 0 Å². The zero-order valence-electron chi connectivity index (χ0n) is 10.8. The molecule has 0 bridgehead atoms. The van der Waals surface area contributed by atoms with Gasteiger partial charge in [0.25, 0.3) is 5.69 Å². The van der Waals surface area contributed by atoms with E-state index in [9.17, 15) is 10.1 Å². The van der Waals surface area contributed by atoms with Crippen LogP contribution in [0, 0.1) is 10.1 Å². The fraction of sp³-hybridized carbons (Fsp3) is 0.143. The number of rotatable bonds is 5. The van der Waals surface area contributed by atoms with Crippen LogP contribution in [-0.4, -0.2) is 12.0 Å². The number of benzene rings is 2. The van der Waals surface area contributed by atoms with Gasteiger partial charge in [0.05, 0.1) is 4.92 Å². The Bertz CT molecular complexity index is 617. The molecule has 0 radical (unpaired) electrons. The summed E-state index contributed by atoms with van der Waals surface area (Å²) in [5, 5.41) is 14.4. The third-order valence-corrected chi connectivity index (χ3v) is 4.03. The lowest BCUT2D eigenvalue weighted by Crippen LogP contribution is -2.06. The van der Waals surface area contributed by atoms with Gasteiger partial charge in [0.1, 0.15) is 0 Å². The molecular formula is C14H13ClN2O2S. The minimum absolute atomic E-state index is 0.0981. The van der Waals surface area contributed by atoms with E-state index in [1.807, 2.05) is 25.2 Å². The number of nitrogens with zero attached hydrogens (tertiary/aromatic N) is 1. The summed E-state index contributed by atoms with van der Waals surface area (Å²) in [6.07, 6.45) is 0. The van der Waals surface area contributed by atoms with E-state index in [1.54, 1.807) is 23.9 Å². The summed E-state index contributed by atoms with van der Waals surface area (Å²) in [7, 11) is 1.88. The van der Waals surface area contributed by atoms with E-state index in [0.717, 1.165) is 21.9 Å². The van der Waals surface area contributed by atoms with Crippen molar-refractivity contribution in [3.8, 4) is 0 Å². The van der Waals surface area contributed by atoms with Gasteiger partial charge < -0.3 is 5.32 Å². The first-order valence-corrected chi connectivity index (χ1v) is 7.15. The number of hydrogen-bond donors (Lipinski definition) is 1. The van der Waals surface area contributed by atoms with Gasteiger partial charge in [-0.1, -0.05) is 23.4 Å². The van der Waals surface area contributed by atoms with E-state index in [0.29, 0.717) is 5.02 Å². The summed E-state index contributed by atoms with van der Waals surface area (Å²) in [6.45, 7) is 0.718. The van der Waals surface area contributed by atoms with Gasteiger partial charge in [0, 0.05) is 33.5 Å². The largest absolute Gasteiger partial charge is 0.316 e. The third kappa shape index (κ3) is 3.72. The first-order valence-electron chi connectivity index (χ1n) is 5.95. The standard InChI is InChI=1S/C14H13ClN2O2S/c1-16-9-10-8-11(15)2-7-14(10)20-13-5-3-12(4-6-13)17(18)19/h2-8,16H,9H2,1H3. The Morgan fingerprint density at radius 3 is 2.55 bits per heavy atom. The highest BCUT2D eigenvalue weighted by molar-refractivity contribution is 7.99. The molecule has 2 rings (SSSR count). The topological polar surface area (TPSA) is 55.2 Å². The monoisotopic (exact) mass is 308 g/mol. The molecule has 0 heterocycles. The molecule has 0 spiro atoms. The molecule has 2 aromatic rings. The molecule has 0 aliphatic heterocycles. The lowest BCUT2D eigenvalue weighted by molar-refractivity contribution is -0.384. The third-order valence-electron chi connectivity index (χ3n) is 2.67. The zero-order valence-corrected chi connectivity index (χ0v) is 12.4. The first kappa shape index (κ1) is 14.8. The quantitative estimate of drug-likeness (QED) is 0.667. The van der Waals surface area contributed by atoms with Gasteiger partial charge in [-0.2, -0.15) is 0 Å². The zero-order chi connectivity index (χ0) is 14.5. The van der Waals surface area contributed by atoms with Gasteiger partial charge in [-0.05, 0) is 42.9 Å². The van der Waals surface area contributed by atoms with Crippen LogP contribution in [0.4, 0.5) is 5.69 Å². The van der Waals surface area contributed by atoms with Gasteiger partial charge in [-0.25, -0.2) is 0 Å². The Kier molecular flexibility index (Phi) is 5.00. The second-order valence-corrected chi connectivity index (χ2v) is 5.69. The van der Waals surface area contributed by atoms with Crippen molar-refractivity contribution in [1.29, 1.82) is 0 Å². The molecule has 0 saturated heterocycles. The minimum Gasteiger partial charge on any atom is -0.316 e. The van der Waals surface area contributed by atoms with Crippen molar-refractivity contribution in [3.63, 3.8) is 0 Å². The Hall–Kier alpha value is -1.56. The Labute approximate surface area is 126 Å². The second-order valence-electron chi connectivity index (χ2n) is 4.14. The molecule has 20 heavy (non-hydrogen) atoms. The van der Waals surface area contributed by atoms with Crippen LogP contribution in [-0.2, 0) is 6.54 Å². The van der Waals surface area contributed by atoms with E-state index in [2.05, 4.69) is 5.32 Å². The van der Waals surface area contributed by atoms with Crippen LogP contribution in [0.5, 0.6) is 0 Å². The van der Waals surface area contributed by atoms with Crippen LogP contribution in [0.25, 0.3) is 0 Å². The predicted molar refractivity (Wildman–Crippen MR) is 81.4 cm³/mol. The number of nitrogens with one attached hydrogen (secondary N) is 1. The molecule has 0 atom stereocenters. The lowest BCUT2D eigenvalue weighted by Gasteiger charge is -2.09. The van der Waals surface area contributed by atoms with Gasteiger partial charge in [-0.15, -0.1) is 0 Å². The number of hydrogen-bond acceptors (Lipinski definition) is 4. The van der Waals surface area contributed by atoms with Crippen LogP contribution in [0.15, 0.2) is 52.3 Å². The Morgan fingerprint density at radius 1 is 1.25 bits per heavy atom. The molecule has 1 N–H and O–H groups in total. The molecule has 0 aliphatic rings. The van der Waals surface area contributed by atoms with E-state index in [1.165, 1.54) is 12.1 Å². The SMILES string of the molecule is CNCc1cc(Cl)ccc1Sc1ccc([N+](=O)[O-])cc1. The predicted octanol–water partition coefficient (Wildman–Crippen LogP) is 4.12.